The number of nitrogens with one attached hydrogen (secondary N) is 2. The van der Waals surface area contributed by atoms with Gasteiger partial charge in [-0.2, -0.15) is 5.10 Å². The fraction of sp³-hybridized carbons (Fsp3) is 0.545. The predicted octanol–water partition coefficient (Wildman–Crippen LogP) is 0.569. The molecule has 2 rings (SSSR count). The van der Waals surface area contributed by atoms with Gasteiger partial charge in [0.2, 0.25) is 5.76 Å². The van der Waals surface area contributed by atoms with Crippen LogP contribution in [0.5, 0.6) is 0 Å². The lowest BCUT2D eigenvalue weighted by Crippen LogP contribution is -2.32. The van der Waals surface area contributed by atoms with Crippen LogP contribution in [0.2, 0.25) is 0 Å². The summed E-state index contributed by atoms with van der Waals surface area (Å²) < 4.78 is 10.5. The first kappa shape index (κ1) is 12.4. The number of aromatic nitrogens is 3. The molecule has 2 heterocycles. The molecule has 0 aliphatic carbocycles. The van der Waals surface area contributed by atoms with Gasteiger partial charge in [-0.3, -0.25) is 9.89 Å². The number of carbonyl (C=O) groups is 1. The number of H-pyrrole nitrogens is 1. The molecule has 7 nitrogen and oxygen atoms in total. The molecule has 1 aromatic rings. The van der Waals surface area contributed by atoms with Crippen LogP contribution in [0, 0.1) is 6.92 Å². The maximum absolute atomic E-state index is 12.0. The van der Waals surface area contributed by atoms with Crippen molar-refractivity contribution in [1.82, 2.24) is 20.5 Å². The Bertz CT molecular complexity index is 480. The Labute approximate surface area is 105 Å². The summed E-state index contributed by atoms with van der Waals surface area (Å²) in [7, 11) is 0. The lowest BCUT2D eigenvalue weighted by Gasteiger charge is -2.20. The third-order valence-electron chi connectivity index (χ3n) is 2.52. The van der Waals surface area contributed by atoms with E-state index in [9.17, 15) is 4.79 Å². The van der Waals surface area contributed by atoms with Gasteiger partial charge in [0.15, 0.2) is 5.82 Å². The lowest BCUT2D eigenvalue weighted by molar-refractivity contribution is -0.123. The summed E-state index contributed by atoms with van der Waals surface area (Å²) in [6, 6.07) is -0.298. The van der Waals surface area contributed by atoms with Gasteiger partial charge in [-0.25, -0.2) is 4.98 Å². The van der Waals surface area contributed by atoms with Crippen molar-refractivity contribution in [3.63, 3.8) is 0 Å². The van der Waals surface area contributed by atoms with E-state index in [-0.39, 0.29) is 17.7 Å². The molecule has 1 unspecified atom stereocenters. The molecule has 0 spiro atoms. The molecule has 18 heavy (non-hydrogen) atoms. The Balaban J connectivity index is 2.03. The second-order valence-electron chi connectivity index (χ2n) is 4.06. The Morgan fingerprint density at radius 3 is 2.72 bits per heavy atom. The first-order chi connectivity index (χ1) is 8.58. The number of hydrogen-bond acceptors (Lipinski definition) is 5. The normalized spacial score (nSPS) is 16.8. The van der Waals surface area contributed by atoms with Crippen LogP contribution in [0.3, 0.4) is 0 Å². The van der Waals surface area contributed by atoms with E-state index < -0.39 is 0 Å². The average molecular weight is 252 g/mol. The standard InChI is InChI=1S/C11H16N4O3/c1-6(10-13-8(3)14-15-10)12-11(16)9-7(2)17-4-5-18-9/h6H,4-5H2,1-3H3,(H,12,16)(H,13,14,15). The molecule has 98 valence electrons. The minimum absolute atomic E-state index is 0.223. The van der Waals surface area contributed by atoms with Gasteiger partial charge in [0.05, 0.1) is 6.04 Å². The predicted molar refractivity (Wildman–Crippen MR) is 62.3 cm³/mol. The highest BCUT2D eigenvalue weighted by Crippen LogP contribution is 2.15. The zero-order valence-electron chi connectivity index (χ0n) is 10.6. The van der Waals surface area contributed by atoms with Crippen molar-refractivity contribution in [2.45, 2.75) is 26.8 Å². The zero-order chi connectivity index (χ0) is 13.1. The van der Waals surface area contributed by atoms with Crippen LogP contribution in [0.25, 0.3) is 0 Å². The van der Waals surface area contributed by atoms with Crippen molar-refractivity contribution < 1.29 is 14.3 Å². The van der Waals surface area contributed by atoms with Gasteiger partial charge in [0, 0.05) is 0 Å². The van der Waals surface area contributed by atoms with E-state index in [1.165, 1.54) is 0 Å². The van der Waals surface area contributed by atoms with Crippen LogP contribution in [-0.4, -0.2) is 34.3 Å². The van der Waals surface area contributed by atoms with Gasteiger partial charge in [0.1, 0.15) is 24.8 Å². The van der Waals surface area contributed by atoms with E-state index in [2.05, 4.69) is 20.5 Å². The number of carbonyl (C=O) groups excluding carboxylic acids is 1. The number of allylic oxidation sites excluding steroid dienone is 1. The SMILES string of the molecule is CC1=C(C(=O)NC(C)c2n[nH]c(C)n2)OCCO1. The Hall–Kier alpha value is -2.05. The van der Waals surface area contributed by atoms with E-state index in [1.807, 2.05) is 0 Å². The maximum Gasteiger partial charge on any atom is 0.290 e. The average Bonchev–Trinajstić information content (AvgIpc) is 2.76. The largest absolute Gasteiger partial charge is 0.491 e. The molecular formula is C11H16N4O3. The van der Waals surface area contributed by atoms with Gasteiger partial charge in [-0.15, -0.1) is 0 Å². The quantitative estimate of drug-likeness (QED) is 0.820. The second kappa shape index (κ2) is 5.07. The molecule has 0 saturated heterocycles. The third kappa shape index (κ3) is 2.61. The number of aryl methyl sites for hydroxylation is 1. The number of rotatable bonds is 3. The highest BCUT2D eigenvalue weighted by Gasteiger charge is 2.22. The molecule has 0 fully saturated rings. The number of nitrogens with zero attached hydrogens (tertiary/aromatic N) is 2. The highest BCUT2D eigenvalue weighted by molar-refractivity contribution is 5.92. The Morgan fingerprint density at radius 1 is 1.39 bits per heavy atom. The van der Waals surface area contributed by atoms with Crippen LogP contribution in [0.1, 0.15) is 31.5 Å². The number of aromatic amines is 1. The van der Waals surface area contributed by atoms with E-state index in [0.29, 0.717) is 30.6 Å². The second-order valence-corrected chi connectivity index (χ2v) is 4.06. The number of amides is 1. The minimum Gasteiger partial charge on any atom is -0.491 e. The summed E-state index contributed by atoms with van der Waals surface area (Å²) in [6.45, 7) is 6.16. The first-order valence-corrected chi connectivity index (χ1v) is 5.74. The van der Waals surface area contributed by atoms with Gasteiger partial charge in [0.25, 0.3) is 5.91 Å². The van der Waals surface area contributed by atoms with Gasteiger partial charge in [-0.1, -0.05) is 0 Å². The molecule has 1 aliphatic rings. The molecule has 1 atom stereocenters. The van der Waals surface area contributed by atoms with Crippen molar-refractivity contribution in [2.75, 3.05) is 13.2 Å². The van der Waals surface area contributed by atoms with Crippen molar-refractivity contribution in [2.24, 2.45) is 0 Å². The molecule has 1 aliphatic heterocycles. The van der Waals surface area contributed by atoms with Crippen molar-refractivity contribution in [3.05, 3.63) is 23.2 Å². The van der Waals surface area contributed by atoms with Crippen molar-refractivity contribution in [3.8, 4) is 0 Å². The fourth-order valence-corrected chi connectivity index (χ4v) is 1.61. The van der Waals surface area contributed by atoms with E-state index in [4.69, 9.17) is 9.47 Å². The molecule has 1 aromatic heterocycles. The van der Waals surface area contributed by atoms with Gasteiger partial charge >= 0.3 is 0 Å². The monoisotopic (exact) mass is 252 g/mol. The summed E-state index contributed by atoms with van der Waals surface area (Å²) in [4.78, 5) is 16.1. The van der Waals surface area contributed by atoms with Gasteiger partial charge < -0.3 is 14.8 Å². The van der Waals surface area contributed by atoms with E-state index in [1.54, 1.807) is 20.8 Å². The summed E-state index contributed by atoms with van der Waals surface area (Å²) in [5, 5.41) is 9.49. The minimum atomic E-state index is -0.317. The van der Waals surface area contributed by atoms with E-state index in [0.717, 1.165) is 0 Å². The highest BCUT2D eigenvalue weighted by atomic mass is 16.6. The summed E-state index contributed by atoms with van der Waals surface area (Å²) in [6.07, 6.45) is 0. The Kier molecular flexibility index (Phi) is 3.50. The maximum atomic E-state index is 12.0. The van der Waals surface area contributed by atoms with Crippen LogP contribution >= 0.6 is 0 Å². The zero-order valence-corrected chi connectivity index (χ0v) is 10.6. The van der Waals surface area contributed by atoms with E-state index >= 15 is 0 Å². The summed E-state index contributed by atoms with van der Waals surface area (Å²) >= 11 is 0. The molecule has 1 amide bonds. The topological polar surface area (TPSA) is 89.1 Å². The molecule has 0 radical (unpaired) electrons. The molecular weight excluding hydrogens is 236 g/mol. The first-order valence-electron chi connectivity index (χ1n) is 5.74. The summed E-state index contributed by atoms with van der Waals surface area (Å²) in [5.74, 6) is 1.65. The molecule has 7 heteroatoms. The van der Waals surface area contributed by atoms with Crippen LogP contribution in [0.15, 0.2) is 11.5 Å². The Morgan fingerprint density at radius 2 is 2.11 bits per heavy atom. The molecule has 2 N–H and O–H groups in total. The lowest BCUT2D eigenvalue weighted by atomic mass is 10.3. The van der Waals surface area contributed by atoms with Crippen LogP contribution in [0.4, 0.5) is 0 Å². The third-order valence-corrected chi connectivity index (χ3v) is 2.52. The van der Waals surface area contributed by atoms with Crippen molar-refractivity contribution in [1.29, 1.82) is 0 Å². The van der Waals surface area contributed by atoms with Crippen LogP contribution in [-0.2, 0) is 14.3 Å². The van der Waals surface area contributed by atoms with Crippen molar-refractivity contribution >= 4 is 5.91 Å². The number of hydrogen-bond donors (Lipinski definition) is 2. The van der Waals surface area contributed by atoms with Crippen LogP contribution < -0.4 is 5.32 Å². The molecule has 0 aromatic carbocycles. The van der Waals surface area contributed by atoms with Gasteiger partial charge in [-0.05, 0) is 20.8 Å². The fourth-order valence-electron chi connectivity index (χ4n) is 1.61. The molecule has 0 saturated carbocycles. The molecule has 0 bridgehead atoms. The number of ether oxygens (including phenoxy) is 2. The summed E-state index contributed by atoms with van der Waals surface area (Å²) in [5.41, 5.74) is 0. The smallest absolute Gasteiger partial charge is 0.290 e.